The van der Waals surface area contributed by atoms with Gasteiger partial charge in [-0.1, -0.05) is 79.7 Å². The van der Waals surface area contributed by atoms with E-state index in [9.17, 15) is 0 Å². The molecule has 0 radical (unpaired) electrons. The number of hydrogen-bond donors (Lipinski definition) is 0. The van der Waals surface area contributed by atoms with Gasteiger partial charge in [-0.15, -0.1) is 0 Å². The molecule has 19 heavy (non-hydrogen) atoms. The van der Waals surface area contributed by atoms with Crippen molar-refractivity contribution in [3.8, 4) is 0 Å². The van der Waals surface area contributed by atoms with E-state index < -0.39 is 0 Å². The third kappa shape index (κ3) is 4.40. The molecule has 2 atom stereocenters. The Kier molecular flexibility index (Phi) is 4.97. The molecule has 2 aromatic rings. The predicted octanol–water partition coefficient (Wildman–Crippen LogP) is 5.53. The molecule has 0 amide bonds. The van der Waals surface area contributed by atoms with Gasteiger partial charge in [0.1, 0.15) is 0 Å². The first-order chi connectivity index (χ1) is 9.31. The third-order valence-corrected chi connectivity index (χ3v) is 3.50. The summed E-state index contributed by atoms with van der Waals surface area (Å²) in [6, 6.07) is 21.1. The van der Waals surface area contributed by atoms with Crippen molar-refractivity contribution in [3.63, 3.8) is 0 Å². The SMILES string of the molecule is C/C=C/c1ccccc1.CC1CC1c1ccccc1. The topological polar surface area (TPSA) is 0 Å². The number of hydrogen-bond acceptors (Lipinski definition) is 0. The molecule has 1 aliphatic carbocycles. The zero-order chi connectivity index (χ0) is 13.5. The Labute approximate surface area is 116 Å². The standard InChI is InChI=1S/C10H12.C9H10/c1-8-7-10(8)9-5-3-2-4-6-9;1-2-6-9-7-4-3-5-8-9/h2-6,8,10H,7H2,1H3;2-8H,1H3/b;6-2+. The van der Waals surface area contributed by atoms with Crippen molar-refractivity contribution in [2.75, 3.05) is 0 Å². The zero-order valence-electron chi connectivity index (χ0n) is 11.8. The van der Waals surface area contributed by atoms with E-state index in [0.29, 0.717) is 0 Å². The van der Waals surface area contributed by atoms with Crippen LogP contribution in [0.2, 0.25) is 0 Å². The molecule has 0 aromatic heterocycles. The average molecular weight is 250 g/mol. The molecule has 0 spiro atoms. The van der Waals surface area contributed by atoms with Crippen LogP contribution in [0.25, 0.3) is 6.08 Å². The van der Waals surface area contributed by atoms with Gasteiger partial charge in [0.25, 0.3) is 0 Å². The van der Waals surface area contributed by atoms with E-state index >= 15 is 0 Å². The summed E-state index contributed by atoms with van der Waals surface area (Å²) < 4.78 is 0. The van der Waals surface area contributed by atoms with Crippen molar-refractivity contribution in [3.05, 3.63) is 77.9 Å². The van der Waals surface area contributed by atoms with Crippen molar-refractivity contribution in [1.82, 2.24) is 0 Å². The van der Waals surface area contributed by atoms with E-state index in [4.69, 9.17) is 0 Å². The summed E-state index contributed by atoms with van der Waals surface area (Å²) in [6.45, 7) is 4.34. The lowest BCUT2D eigenvalue weighted by atomic mass is 10.1. The highest BCUT2D eigenvalue weighted by Crippen LogP contribution is 2.46. The molecule has 2 unspecified atom stereocenters. The van der Waals surface area contributed by atoms with Gasteiger partial charge in [0.05, 0.1) is 0 Å². The van der Waals surface area contributed by atoms with Crippen LogP contribution in [0, 0.1) is 5.92 Å². The van der Waals surface area contributed by atoms with E-state index in [-0.39, 0.29) is 0 Å². The van der Waals surface area contributed by atoms with Gasteiger partial charge in [0.2, 0.25) is 0 Å². The van der Waals surface area contributed by atoms with Gasteiger partial charge in [-0.25, -0.2) is 0 Å². The van der Waals surface area contributed by atoms with Crippen LogP contribution in [0.1, 0.15) is 37.3 Å². The molecule has 0 aliphatic heterocycles. The molecule has 1 fully saturated rings. The van der Waals surface area contributed by atoms with Gasteiger partial charge < -0.3 is 0 Å². The Bertz CT molecular complexity index is 496. The van der Waals surface area contributed by atoms with Crippen molar-refractivity contribution in [2.24, 2.45) is 5.92 Å². The Hall–Kier alpha value is -1.82. The summed E-state index contributed by atoms with van der Waals surface area (Å²) in [4.78, 5) is 0. The summed E-state index contributed by atoms with van der Waals surface area (Å²) in [7, 11) is 0. The van der Waals surface area contributed by atoms with Crippen LogP contribution in [0.15, 0.2) is 66.7 Å². The van der Waals surface area contributed by atoms with Gasteiger partial charge in [-0.05, 0) is 36.3 Å². The van der Waals surface area contributed by atoms with E-state index in [2.05, 4.69) is 55.5 Å². The fraction of sp³-hybridized carbons (Fsp3) is 0.263. The number of allylic oxidation sites excluding steroid dienone is 1. The molecule has 0 heteroatoms. The molecule has 0 bridgehead atoms. The first kappa shape index (κ1) is 13.6. The first-order valence-corrected chi connectivity index (χ1v) is 7.04. The maximum Gasteiger partial charge on any atom is -0.0133 e. The van der Waals surface area contributed by atoms with Crippen LogP contribution in [0.5, 0.6) is 0 Å². The maximum absolute atomic E-state index is 2.32. The largest absolute Gasteiger partial charge is 0.0871 e. The normalized spacial score (nSPS) is 20.7. The highest BCUT2D eigenvalue weighted by atomic mass is 14.4. The second-order valence-electron chi connectivity index (χ2n) is 5.14. The summed E-state index contributed by atoms with van der Waals surface area (Å²) in [6.07, 6.45) is 5.51. The van der Waals surface area contributed by atoms with Gasteiger partial charge in [-0.3, -0.25) is 0 Å². The van der Waals surface area contributed by atoms with Crippen LogP contribution in [-0.2, 0) is 0 Å². The van der Waals surface area contributed by atoms with Crippen LogP contribution in [-0.4, -0.2) is 0 Å². The van der Waals surface area contributed by atoms with E-state index in [1.807, 2.05) is 31.2 Å². The minimum atomic E-state index is 0.876. The minimum absolute atomic E-state index is 0.876. The second kappa shape index (κ2) is 6.94. The van der Waals surface area contributed by atoms with Crippen LogP contribution < -0.4 is 0 Å². The third-order valence-electron chi connectivity index (χ3n) is 3.50. The van der Waals surface area contributed by atoms with Crippen molar-refractivity contribution in [2.45, 2.75) is 26.2 Å². The highest BCUT2D eigenvalue weighted by molar-refractivity contribution is 5.47. The minimum Gasteiger partial charge on any atom is -0.0871 e. The van der Waals surface area contributed by atoms with Gasteiger partial charge in [-0.2, -0.15) is 0 Å². The molecule has 2 aromatic carbocycles. The molecule has 1 aliphatic rings. The van der Waals surface area contributed by atoms with Gasteiger partial charge >= 0.3 is 0 Å². The quantitative estimate of drug-likeness (QED) is 0.657. The molecule has 1 saturated carbocycles. The fourth-order valence-electron chi connectivity index (χ4n) is 2.24. The van der Waals surface area contributed by atoms with E-state index in [1.165, 1.54) is 17.5 Å². The summed E-state index contributed by atoms with van der Waals surface area (Å²) in [5, 5.41) is 0. The highest BCUT2D eigenvalue weighted by Gasteiger charge is 2.33. The van der Waals surface area contributed by atoms with Crippen molar-refractivity contribution < 1.29 is 0 Å². The molecule has 0 N–H and O–H groups in total. The lowest BCUT2D eigenvalue weighted by Crippen LogP contribution is -1.77. The van der Waals surface area contributed by atoms with Crippen molar-refractivity contribution >= 4 is 6.08 Å². The van der Waals surface area contributed by atoms with Gasteiger partial charge in [0, 0.05) is 0 Å². The summed E-state index contributed by atoms with van der Waals surface area (Å²) in [5.74, 6) is 1.81. The summed E-state index contributed by atoms with van der Waals surface area (Å²) >= 11 is 0. The lowest BCUT2D eigenvalue weighted by molar-refractivity contribution is 0.915. The van der Waals surface area contributed by atoms with Gasteiger partial charge in [0.15, 0.2) is 0 Å². The first-order valence-electron chi connectivity index (χ1n) is 7.04. The molecule has 0 nitrogen and oxygen atoms in total. The Morgan fingerprint density at radius 1 is 0.895 bits per heavy atom. The second-order valence-corrected chi connectivity index (χ2v) is 5.14. The number of benzene rings is 2. The Balaban J connectivity index is 0.000000141. The summed E-state index contributed by atoms with van der Waals surface area (Å²) in [5.41, 5.74) is 2.79. The zero-order valence-corrected chi connectivity index (χ0v) is 11.8. The van der Waals surface area contributed by atoms with Crippen LogP contribution in [0.3, 0.4) is 0 Å². The molecule has 0 saturated heterocycles. The van der Waals surface area contributed by atoms with E-state index in [0.717, 1.165) is 11.8 Å². The van der Waals surface area contributed by atoms with E-state index in [1.54, 1.807) is 0 Å². The van der Waals surface area contributed by atoms with Crippen LogP contribution in [0.4, 0.5) is 0 Å². The maximum atomic E-state index is 2.32. The number of rotatable bonds is 2. The molecule has 3 rings (SSSR count). The Morgan fingerprint density at radius 3 is 1.89 bits per heavy atom. The monoisotopic (exact) mass is 250 g/mol. The fourth-order valence-corrected chi connectivity index (χ4v) is 2.24. The molecular formula is C19H22. The lowest BCUT2D eigenvalue weighted by Gasteiger charge is -1.94. The average Bonchev–Trinajstić information content (AvgIpc) is 3.19. The molecular weight excluding hydrogens is 228 g/mol. The smallest absolute Gasteiger partial charge is 0.0133 e. The van der Waals surface area contributed by atoms with Crippen LogP contribution >= 0.6 is 0 Å². The van der Waals surface area contributed by atoms with Crippen molar-refractivity contribution in [1.29, 1.82) is 0 Å². The molecule has 0 heterocycles. The Morgan fingerprint density at radius 2 is 1.42 bits per heavy atom. The predicted molar refractivity (Wildman–Crippen MR) is 84.1 cm³/mol. The molecule has 98 valence electrons.